The lowest BCUT2D eigenvalue weighted by atomic mass is 10.2. The summed E-state index contributed by atoms with van der Waals surface area (Å²) >= 11 is 0. The van der Waals surface area contributed by atoms with Crippen molar-refractivity contribution in [1.29, 1.82) is 0 Å². The van der Waals surface area contributed by atoms with Crippen molar-refractivity contribution in [3.8, 4) is 0 Å². The molecule has 4 nitrogen and oxygen atoms in total. The minimum absolute atomic E-state index is 0.191. The van der Waals surface area contributed by atoms with E-state index in [1.54, 1.807) is 12.3 Å². The van der Waals surface area contributed by atoms with E-state index in [9.17, 15) is 0 Å². The molecule has 2 heterocycles. The van der Waals surface area contributed by atoms with Crippen molar-refractivity contribution in [1.82, 2.24) is 4.98 Å². The predicted molar refractivity (Wildman–Crippen MR) is 56.1 cm³/mol. The molecule has 1 aliphatic rings. The fourth-order valence-corrected chi connectivity index (χ4v) is 1.92. The van der Waals surface area contributed by atoms with Gasteiger partial charge in [0.15, 0.2) is 0 Å². The molecule has 76 valence electrons. The van der Waals surface area contributed by atoms with Gasteiger partial charge in [0.1, 0.15) is 5.82 Å². The molecule has 1 saturated heterocycles. The molecular formula is C10H15N3O. The van der Waals surface area contributed by atoms with Crippen LogP contribution in [-0.2, 0) is 0 Å². The Kier molecular flexibility index (Phi) is 2.54. The number of anilines is 2. The molecule has 0 amide bonds. The van der Waals surface area contributed by atoms with E-state index in [1.165, 1.54) is 0 Å². The van der Waals surface area contributed by atoms with E-state index in [0.29, 0.717) is 0 Å². The van der Waals surface area contributed by atoms with Gasteiger partial charge < -0.3 is 15.7 Å². The minimum Gasteiger partial charge on any atom is -0.399 e. The number of rotatable bonds is 2. The zero-order valence-electron chi connectivity index (χ0n) is 8.06. The summed E-state index contributed by atoms with van der Waals surface area (Å²) in [6.07, 6.45) is 3.85. The fourth-order valence-electron chi connectivity index (χ4n) is 1.92. The molecular weight excluding hydrogens is 178 g/mol. The van der Waals surface area contributed by atoms with Gasteiger partial charge in [0.05, 0.1) is 12.6 Å². The van der Waals surface area contributed by atoms with E-state index < -0.39 is 0 Å². The van der Waals surface area contributed by atoms with Crippen molar-refractivity contribution in [2.24, 2.45) is 0 Å². The summed E-state index contributed by atoms with van der Waals surface area (Å²) in [5.74, 6) is 0.876. The van der Waals surface area contributed by atoms with E-state index in [4.69, 9.17) is 10.8 Å². The van der Waals surface area contributed by atoms with Crippen molar-refractivity contribution < 1.29 is 5.11 Å². The van der Waals surface area contributed by atoms with Gasteiger partial charge in [0.25, 0.3) is 0 Å². The lowest BCUT2D eigenvalue weighted by Gasteiger charge is -2.24. The third-order valence-corrected chi connectivity index (χ3v) is 2.65. The molecule has 4 heteroatoms. The first-order valence-electron chi connectivity index (χ1n) is 4.90. The van der Waals surface area contributed by atoms with Gasteiger partial charge >= 0.3 is 0 Å². The van der Waals surface area contributed by atoms with Crippen LogP contribution in [0, 0.1) is 0 Å². The van der Waals surface area contributed by atoms with Crippen LogP contribution in [-0.4, -0.2) is 29.3 Å². The lowest BCUT2D eigenvalue weighted by molar-refractivity contribution is 0.266. The van der Waals surface area contributed by atoms with Crippen LogP contribution in [0.25, 0.3) is 0 Å². The Balaban J connectivity index is 2.21. The first-order valence-corrected chi connectivity index (χ1v) is 4.90. The van der Waals surface area contributed by atoms with Gasteiger partial charge in [-0.15, -0.1) is 0 Å². The molecule has 0 bridgehead atoms. The van der Waals surface area contributed by atoms with Crippen LogP contribution in [0.1, 0.15) is 12.8 Å². The van der Waals surface area contributed by atoms with Gasteiger partial charge in [-0.05, 0) is 18.9 Å². The molecule has 0 aliphatic carbocycles. The topological polar surface area (TPSA) is 62.4 Å². The van der Waals surface area contributed by atoms with E-state index in [-0.39, 0.29) is 12.6 Å². The maximum atomic E-state index is 9.17. The number of nitrogens with two attached hydrogens (primary N) is 1. The summed E-state index contributed by atoms with van der Waals surface area (Å²) in [6.45, 7) is 1.15. The Morgan fingerprint density at radius 1 is 1.64 bits per heavy atom. The highest BCUT2D eigenvalue weighted by atomic mass is 16.3. The van der Waals surface area contributed by atoms with Crippen LogP contribution in [0.5, 0.6) is 0 Å². The molecule has 14 heavy (non-hydrogen) atoms. The van der Waals surface area contributed by atoms with Crippen molar-refractivity contribution in [3.05, 3.63) is 18.3 Å². The van der Waals surface area contributed by atoms with Crippen molar-refractivity contribution >= 4 is 11.5 Å². The van der Waals surface area contributed by atoms with Crippen LogP contribution >= 0.6 is 0 Å². The van der Waals surface area contributed by atoms with E-state index in [1.807, 2.05) is 6.07 Å². The van der Waals surface area contributed by atoms with Gasteiger partial charge in [-0.1, -0.05) is 0 Å². The Morgan fingerprint density at radius 2 is 2.50 bits per heavy atom. The van der Waals surface area contributed by atoms with Crippen molar-refractivity contribution in [2.75, 3.05) is 23.8 Å². The van der Waals surface area contributed by atoms with E-state index in [2.05, 4.69) is 9.88 Å². The summed E-state index contributed by atoms with van der Waals surface area (Å²) in [4.78, 5) is 6.38. The summed E-state index contributed by atoms with van der Waals surface area (Å²) in [7, 11) is 0. The van der Waals surface area contributed by atoms with Gasteiger partial charge in [-0.25, -0.2) is 4.98 Å². The monoisotopic (exact) mass is 193 g/mol. The van der Waals surface area contributed by atoms with E-state index >= 15 is 0 Å². The summed E-state index contributed by atoms with van der Waals surface area (Å²) < 4.78 is 0. The zero-order valence-corrected chi connectivity index (χ0v) is 8.06. The summed E-state index contributed by atoms with van der Waals surface area (Å²) in [6, 6.07) is 3.84. The number of nitrogens with zero attached hydrogens (tertiary/aromatic N) is 2. The first kappa shape index (κ1) is 9.27. The second kappa shape index (κ2) is 3.84. The Hall–Kier alpha value is -1.29. The molecule has 0 radical (unpaired) electrons. The number of aliphatic hydroxyl groups is 1. The summed E-state index contributed by atoms with van der Waals surface area (Å²) in [5.41, 5.74) is 6.40. The SMILES string of the molecule is Nc1ccnc(N2CCCC2CO)c1. The molecule has 0 saturated carbocycles. The number of nitrogen functional groups attached to an aromatic ring is 1. The second-order valence-corrected chi connectivity index (χ2v) is 3.62. The standard InChI is InChI=1S/C10H15N3O/c11-8-3-4-12-10(6-8)13-5-1-2-9(13)7-14/h3-4,6,9,14H,1-2,5,7H2,(H2,11,12). The van der Waals surface area contributed by atoms with Crippen LogP contribution in [0.3, 0.4) is 0 Å². The number of hydrogen-bond acceptors (Lipinski definition) is 4. The highest BCUT2D eigenvalue weighted by Gasteiger charge is 2.24. The normalized spacial score (nSPS) is 21.5. The molecule has 2 rings (SSSR count). The largest absolute Gasteiger partial charge is 0.399 e. The molecule has 1 unspecified atom stereocenters. The van der Waals surface area contributed by atoms with Crippen LogP contribution in [0.2, 0.25) is 0 Å². The summed E-state index contributed by atoms with van der Waals surface area (Å²) in [5, 5.41) is 9.17. The number of pyridine rings is 1. The molecule has 1 aliphatic heterocycles. The van der Waals surface area contributed by atoms with E-state index in [0.717, 1.165) is 30.9 Å². The number of aromatic nitrogens is 1. The highest BCUT2D eigenvalue weighted by molar-refractivity contribution is 5.51. The van der Waals surface area contributed by atoms with Crippen LogP contribution in [0.15, 0.2) is 18.3 Å². The quantitative estimate of drug-likeness (QED) is 0.723. The molecule has 3 N–H and O–H groups in total. The lowest BCUT2D eigenvalue weighted by Crippen LogP contribution is -2.32. The third-order valence-electron chi connectivity index (χ3n) is 2.65. The molecule has 0 spiro atoms. The zero-order chi connectivity index (χ0) is 9.97. The molecule has 0 aromatic carbocycles. The highest BCUT2D eigenvalue weighted by Crippen LogP contribution is 2.24. The van der Waals surface area contributed by atoms with Crippen LogP contribution in [0.4, 0.5) is 11.5 Å². The van der Waals surface area contributed by atoms with Gasteiger partial charge in [0, 0.05) is 24.5 Å². The number of hydrogen-bond donors (Lipinski definition) is 2. The van der Waals surface area contributed by atoms with Crippen LogP contribution < -0.4 is 10.6 Å². The predicted octanol–water partition coefficient (Wildman–Crippen LogP) is 0.625. The Morgan fingerprint density at radius 3 is 3.21 bits per heavy atom. The maximum Gasteiger partial charge on any atom is 0.130 e. The fraction of sp³-hybridized carbons (Fsp3) is 0.500. The van der Waals surface area contributed by atoms with Crippen molar-refractivity contribution in [3.63, 3.8) is 0 Å². The Labute approximate surface area is 83.4 Å². The second-order valence-electron chi connectivity index (χ2n) is 3.62. The number of aliphatic hydroxyl groups excluding tert-OH is 1. The van der Waals surface area contributed by atoms with Gasteiger partial charge in [-0.3, -0.25) is 0 Å². The Bertz CT molecular complexity index is 316. The average molecular weight is 193 g/mol. The first-order chi connectivity index (χ1) is 6.81. The maximum absolute atomic E-state index is 9.17. The molecule has 1 atom stereocenters. The van der Waals surface area contributed by atoms with Gasteiger partial charge in [-0.2, -0.15) is 0 Å². The third kappa shape index (κ3) is 1.65. The molecule has 1 aromatic heterocycles. The van der Waals surface area contributed by atoms with Crippen molar-refractivity contribution in [2.45, 2.75) is 18.9 Å². The minimum atomic E-state index is 0.191. The molecule has 1 aromatic rings. The van der Waals surface area contributed by atoms with Gasteiger partial charge in [0.2, 0.25) is 0 Å². The molecule has 1 fully saturated rings. The average Bonchev–Trinajstić information content (AvgIpc) is 2.65. The smallest absolute Gasteiger partial charge is 0.130 e.